The summed E-state index contributed by atoms with van der Waals surface area (Å²) in [6.45, 7) is 6.46. The van der Waals surface area contributed by atoms with Crippen LogP contribution in [0.4, 0.5) is 11.4 Å². The Balaban J connectivity index is 1.34. The van der Waals surface area contributed by atoms with Crippen molar-refractivity contribution in [1.82, 2.24) is 9.80 Å². The summed E-state index contributed by atoms with van der Waals surface area (Å²) in [4.78, 5) is 31.1. The molecule has 2 aliphatic rings. The van der Waals surface area contributed by atoms with Gasteiger partial charge in [-0.25, -0.2) is 0 Å². The number of benzene rings is 1. The van der Waals surface area contributed by atoms with Gasteiger partial charge in [0.1, 0.15) is 11.4 Å². The first kappa shape index (κ1) is 18.2. The van der Waals surface area contributed by atoms with Crippen molar-refractivity contribution >= 4 is 11.4 Å². The molecule has 0 aromatic heterocycles. The lowest BCUT2D eigenvalue weighted by Crippen LogP contribution is -2.51. The van der Waals surface area contributed by atoms with E-state index in [2.05, 4.69) is 51.3 Å². The van der Waals surface area contributed by atoms with Gasteiger partial charge < -0.3 is 15.1 Å². The van der Waals surface area contributed by atoms with Crippen LogP contribution in [0.15, 0.2) is 39.9 Å². The van der Waals surface area contributed by atoms with Crippen LogP contribution in [0.3, 0.4) is 0 Å². The van der Waals surface area contributed by atoms with Gasteiger partial charge in [-0.05, 0) is 25.5 Å². The van der Waals surface area contributed by atoms with Gasteiger partial charge in [0.25, 0.3) is 10.9 Å². The number of piperidine rings is 1. The van der Waals surface area contributed by atoms with Gasteiger partial charge in [-0.1, -0.05) is 30.3 Å². The van der Waals surface area contributed by atoms with E-state index < -0.39 is 0 Å². The average molecular weight is 368 g/mol. The minimum Gasteiger partial charge on any atom is -0.377 e. The molecule has 0 unspecified atom stereocenters. The number of nitrogens with one attached hydrogen (secondary N) is 1. The average Bonchev–Trinajstić information content (AvgIpc) is 2.71. The predicted molar refractivity (Wildman–Crippen MR) is 109 cm³/mol. The number of hydrogen-bond donors (Lipinski definition) is 1. The molecule has 2 heterocycles. The summed E-state index contributed by atoms with van der Waals surface area (Å²) in [5.41, 5.74) is 1.87. The summed E-state index contributed by atoms with van der Waals surface area (Å²) >= 11 is 0. The van der Waals surface area contributed by atoms with Crippen molar-refractivity contribution < 1.29 is 0 Å². The first-order valence-corrected chi connectivity index (χ1v) is 9.91. The van der Waals surface area contributed by atoms with Crippen molar-refractivity contribution in [3.05, 3.63) is 56.3 Å². The normalized spacial score (nSPS) is 20.3. The molecule has 0 saturated carbocycles. The third-order valence-corrected chi connectivity index (χ3v) is 5.89. The summed E-state index contributed by atoms with van der Waals surface area (Å²) in [5.74, 6) is 0. The number of likely N-dealkylation sites (N-methyl/N-ethyl adjacent to an activating group) is 1. The Labute approximate surface area is 160 Å². The Kier molecular flexibility index (Phi) is 5.27. The van der Waals surface area contributed by atoms with E-state index in [9.17, 15) is 9.59 Å². The standard InChI is InChI=1S/C21H28N4O2/c1-23-11-13-25(14-12-23)19-18(20(26)21(19)27)22-17-7-9-24(10-8-17)15-16-5-3-2-4-6-16/h2-6,17,22H,7-15H2,1H3. The highest BCUT2D eigenvalue weighted by Gasteiger charge is 2.30. The quantitative estimate of drug-likeness (QED) is 0.798. The van der Waals surface area contributed by atoms with E-state index >= 15 is 0 Å². The van der Waals surface area contributed by atoms with Crippen molar-refractivity contribution in [3.63, 3.8) is 0 Å². The van der Waals surface area contributed by atoms with Crippen molar-refractivity contribution in [2.75, 3.05) is 56.5 Å². The van der Waals surface area contributed by atoms with Crippen molar-refractivity contribution in [2.45, 2.75) is 25.4 Å². The second-order valence-corrected chi connectivity index (χ2v) is 7.85. The Hall–Kier alpha value is -2.18. The lowest BCUT2D eigenvalue weighted by atomic mass is 10.0. The Morgan fingerprint density at radius 3 is 2.26 bits per heavy atom. The highest BCUT2D eigenvalue weighted by molar-refractivity contribution is 5.75. The molecule has 0 amide bonds. The second-order valence-electron chi connectivity index (χ2n) is 7.85. The van der Waals surface area contributed by atoms with Crippen LogP contribution in [0.1, 0.15) is 18.4 Å². The first-order valence-electron chi connectivity index (χ1n) is 9.91. The summed E-state index contributed by atoms with van der Waals surface area (Å²) < 4.78 is 0. The molecule has 2 aromatic carbocycles. The SMILES string of the molecule is CN1CCN(c2c(NC3CCN(Cc4ccccc4)CC3)c(=O)c2=O)CC1. The van der Waals surface area contributed by atoms with E-state index in [1.807, 2.05) is 6.07 Å². The minimum absolute atomic E-state index is 0.270. The van der Waals surface area contributed by atoms with E-state index in [1.165, 1.54) is 5.56 Å². The fourth-order valence-corrected chi connectivity index (χ4v) is 4.13. The fraction of sp³-hybridized carbons (Fsp3) is 0.524. The maximum absolute atomic E-state index is 12.1. The van der Waals surface area contributed by atoms with E-state index in [1.54, 1.807) is 0 Å². The number of rotatable bonds is 5. The molecule has 27 heavy (non-hydrogen) atoms. The Morgan fingerprint density at radius 2 is 1.59 bits per heavy atom. The number of nitrogens with zero attached hydrogens (tertiary/aromatic N) is 3. The Morgan fingerprint density at radius 1 is 0.926 bits per heavy atom. The van der Waals surface area contributed by atoms with Crippen LogP contribution in [0, 0.1) is 0 Å². The van der Waals surface area contributed by atoms with Crippen LogP contribution in [0.25, 0.3) is 0 Å². The molecule has 0 atom stereocenters. The van der Waals surface area contributed by atoms with Crippen LogP contribution >= 0.6 is 0 Å². The third-order valence-electron chi connectivity index (χ3n) is 5.89. The van der Waals surface area contributed by atoms with Crippen molar-refractivity contribution in [1.29, 1.82) is 0 Å². The zero-order chi connectivity index (χ0) is 18.8. The molecular weight excluding hydrogens is 340 g/mol. The van der Waals surface area contributed by atoms with E-state index in [-0.39, 0.29) is 16.9 Å². The third kappa shape index (κ3) is 3.92. The predicted octanol–water partition coefficient (Wildman–Crippen LogP) is 1.11. The molecule has 0 spiro atoms. The topological polar surface area (TPSA) is 55.9 Å². The monoisotopic (exact) mass is 368 g/mol. The number of likely N-dealkylation sites (tertiary alicyclic amines) is 1. The van der Waals surface area contributed by atoms with E-state index in [4.69, 9.17) is 0 Å². The highest BCUT2D eigenvalue weighted by Crippen LogP contribution is 2.24. The zero-order valence-corrected chi connectivity index (χ0v) is 16.0. The summed E-state index contributed by atoms with van der Waals surface area (Å²) in [7, 11) is 2.09. The number of hydrogen-bond acceptors (Lipinski definition) is 6. The van der Waals surface area contributed by atoms with Gasteiger partial charge in [0, 0.05) is 51.9 Å². The molecule has 6 nitrogen and oxygen atoms in total. The summed E-state index contributed by atoms with van der Waals surface area (Å²) in [5, 5.41) is 3.41. The van der Waals surface area contributed by atoms with Crippen molar-refractivity contribution in [3.8, 4) is 0 Å². The van der Waals surface area contributed by atoms with Gasteiger partial charge in [0.05, 0.1) is 0 Å². The molecule has 6 heteroatoms. The zero-order valence-electron chi connectivity index (χ0n) is 16.0. The van der Waals surface area contributed by atoms with Gasteiger partial charge in [0.15, 0.2) is 0 Å². The van der Waals surface area contributed by atoms with E-state index in [0.29, 0.717) is 11.4 Å². The molecule has 2 aromatic rings. The molecule has 2 fully saturated rings. The van der Waals surface area contributed by atoms with Crippen LogP contribution in [-0.4, -0.2) is 62.2 Å². The van der Waals surface area contributed by atoms with Gasteiger partial charge in [0.2, 0.25) is 0 Å². The molecule has 144 valence electrons. The van der Waals surface area contributed by atoms with Crippen LogP contribution in [0.2, 0.25) is 0 Å². The molecule has 0 bridgehead atoms. The lowest BCUT2D eigenvalue weighted by Gasteiger charge is -2.37. The first-order chi connectivity index (χ1) is 13.1. The summed E-state index contributed by atoms with van der Waals surface area (Å²) in [6, 6.07) is 10.8. The Bertz CT molecular complexity index is 828. The molecule has 0 aliphatic carbocycles. The molecule has 4 rings (SSSR count). The molecule has 1 N–H and O–H groups in total. The van der Waals surface area contributed by atoms with Crippen molar-refractivity contribution in [2.24, 2.45) is 0 Å². The highest BCUT2D eigenvalue weighted by atomic mass is 16.2. The molecular formula is C21H28N4O2. The van der Waals surface area contributed by atoms with Gasteiger partial charge in [-0.3, -0.25) is 14.5 Å². The fourth-order valence-electron chi connectivity index (χ4n) is 4.13. The molecule has 0 radical (unpaired) electrons. The van der Waals surface area contributed by atoms with Crippen LogP contribution < -0.4 is 21.1 Å². The maximum Gasteiger partial charge on any atom is 0.253 e. The van der Waals surface area contributed by atoms with Crippen LogP contribution in [-0.2, 0) is 6.54 Å². The molecule has 2 aliphatic heterocycles. The van der Waals surface area contributed by atoms with Gasteiger partial charge >= 0.3 is 0 Å². The molecule has 2 saturated heterocycles. The number of piperazine rings is 1. The van der Waals surface area contributed by atoms with Crippen LogP contribution in [0.5, 0.6) is 0 Å². The van der Waals surface area contributed by atoms with Gasteiger partial charge in [-0.15, -0.1) is 0 Å². The van der Waals surface area contributed by atoms with Gasteiger partial charge in [-0.2, -0.15) is 0 Å². The largest absolute Gasteiger partial charge is 0.377 e. The lowest BCUT2D eigenvalue weighted by molar-refractivity contribution is 0.211. The second kappa shape index (κ2) is 7.82. The summed E-state index contributed by atoms with van der Waals surface area (Å²) in [6.07, 6.45) is 1.99. The maximum atomic E-state index is 12.1. The van der Waals surface area contributed by atoms with E-state index in [0.717, 1.165) is 58.7 Å². The number of anilines is 2. The smallest absolute Gasteiger partial charge is 0.253 e. The minimum atomic E-state index is -0.337.